The number of hydrogen-bond acceptors (Lipinski definition) is 3. The lowest BCUT2D eigenvalue weighted by molar-refractivity contribution is -0.116. The number of benzene rings is 3. The molecule has 0 aromatic heterocycles. The van der Waals surface area contributed by atoms with Crippen molar-refractivity contribution in [3.8, 4) is 11.1 Å². The largest absolute Gasteiger partial charge is 0.325 e. The Morgan fingerprint density at radius 3 is 2.07 bits per heavy atom. The molecular formula is C21H20N2O3S. The highest BCUT2D eigenvalue weighted by Crippen LogP contribution is 2.27. The summed E-state index contributed by atoms with van der Waals surface area (Å²) in [5, 5.41) is 2.86. The van der Waals surface area contributed by atoms with E-state index >= 15 is 0 Å². The van der Waals surface area contributed by atoms with E-state index < -0.39 is 10.0 Å². The molecule has 1 amide bonds. The van der Waals surface area contributed by atoms with Crippen molar-refractivity contribution >= 4 is 21.6 Å². The molecule has 0 heterocycles. The van der Waals surface area contributed by atoms with Gasteiger partial charge >= 0.3 is 0 Å². The molecule has 0 radical (unpaired) electrons. The third-order valence-electron chi connectivity index (χ3n) is 3.98. The predicted molar refractivity (Wildman–Crippen MR) is 107 cm³/mol. The maximum atomic E-state index is 12.3. The van der Waals surface area contributed by atoms with Crippen LogP contribution in [0, 0.1) is 0 Å². The number of amides is 1. The van der Waals surface area contributed by atoms with E-state index in [1.807, 2.05) is 54.6 Å². The zero-order valence-electron chi connectivity index (χ0n) is 14.6. The molecular weight excluding hydrogens is 360 g/mol. The van der Waals surface area contributed by atoms with Crippen LogP contribution in [0.5, 0.6) is 0 Å². The molecule has 138 valence electrons. The monoisotopic (exact) mass is 380 g/mol. The van der Waals surface area contributed by atoms with Gasteiger partial charge in [0.05, 0.1) is 4.90 Å². The van der Waals surface area contributed by atoms with E-state index in [0.29, 0.717) is 5.69 Å². The van der Waals surface area contributed by atoms with Crippen molar-refractivity contribution in [2.45, 2.75) is 11.3 Å². The first-order chi connectivity index (χ1) is 13.1. The number of para-hydroxylation sites is 1. The van der Waals surface area contributed by atoms with Gasteiger partial charge in [-0.1, -0.05) is 66.7 Å². The van der Waals surface area contributed by atoms with E-state index in [2.05, 4.69) is 10.0 Å². The fourth-order valence-electron chi connectivity index (χ4n) is 2.66. The number of nitrogens with one attached hydrogen (secondary N) is 2. The van der Waals surface area contributed by atoms with Gasteiger partial charge in [0.2, 0.25) is 15.9 Å². The highest BCUT2D eigenvalue weighted by molar-refractivity contribution is 7.89. The Morgan fingerprint density at radius 1 is 0.778 bits per heavy atom. The molecule has 6 heteroatoms. The maximum absolute atomic E-state index is 12.3. The first-order valence-electron chi connectivity index (χ1n) is 8.55. The van der Waals surface area contributed by atoms with E-state index in [0.717, 1.165) is 11.1 Å². The van der Waals surface area contributed by atoms with E-state index in [-0.39, 0.29) is 23.8 Å². The highest BCUT2D eigenvalue weighted by atomic mass is 32.2. The van der Waals surface area contributed by atoms with Crippen molar-refractivity contribution in [2.24, 2.45) is 0 Å². The average Bonchev–Trinajstić information content (AvgIpc) is 2.69. The van der Waals surface area contributed by atoms with Gasteiger partial charge in [-0.3, -0.25) is 4.79 Å². The molecule has 0 aliphatic heterocycles. The van der Waals surface area contributed by atoms with Crippen LogP contribution in [0.15, 0.2) is 89.8 Å². The smallest absolute Gasteiger partial charge is 0.240 e. The van der Waals surface area contributed by atoms with Gasteiger partial charge in [-0.25, -0.2) is 13.1 Å². The minimum atomic E-state index is -3.61. The quantitative estimate of drug-likeness (QED) is 0.657. The number of anilines is 1. The van der Waals surface area contributed by atoms with Crippen LogP contribution in [0.4, 0.5) is 5.69 Å². The molecule has 0 fully saturated rings. The van der Waals surface area contributed by atoms with Crippen molar-refractivity contribution in [2.75, 3.05) is 11.9 Å². The average molecular weight is 380 g/mol. The molecule has 0 aliphatic rings. The van der Waals surface area contributed by atoms with Crippen molar-refractivity contribution in [1.82, 2.24) is 4.72 Å². The third-order valence-corrected chi connectivity index (χ3v) is 5.46. The van der Waals surface area contributed by atoms with Crippen LogP contribution < -0.4 is 10.0 Å². The summed E-state index contributed by atoms with van der Waals surface area (Å²) in [5.74, 6) is -0.255. The van der Waals surface area contributed by atoms with Gasteiger partial charge in [0, 0.05) is 24.2 Å². The van der Waals surface area contributed by atoms with Gasteiger partial charge in [0.25, 0.3) is 0 Å². The van der Waals surface area contributed by atoms with Crippen LogP contribution >= 0.6 is 0 Å². The lowest BCUT2D eigenvalue weighted by Crippen LogP contribution is -2.27. The van der Waals surface area contributed by atoms with E-state index in [4.69, 9.17) is 0 Å². The summed E-state index contributed by atoms with van der Waals surface area (Å²) < 4.78 is 26.8. The number of sulfonamides is 1. The molecule has 27 heavy (non-hydrogen) atoms. The van der Waals surface area contributed by atoms with E-state index in [1.165, 1.54) is 12.1 Å². The molecule has 0 unspecified atom stereocenters. The SMILES string of the molecule is O=C(CCNS(=O)(=O)c1ccccc1)Nc1ccccc1-c1ccccc1. The second kappa shape index (κ2) is 8.62. The second-order valence-electron chi connectivity index (χ2n) is 5.92. The van der Waals surface area contributed by atoms with Crippen LogP contribution in [-0.2, 0) is 14.8 Å². The Kier molecular flexibility index (Phi) is 6.01. The lowest BCUT2D eigenvalue weighted by Gasteiger charge is -2.12. The summed E-state index contributed by atoms with van der Waals surface area (Å²) >= 11 is 0. The molecule has 0 spiro atoms. The summed E-state index contributed by atoms with van der Waals surface area (Å²) in [6.07, 6.45) is 0.0369. The normalized spacial score (nSPS) is 11.1. The Balaban J connectivity index is 1.61. The van der Waals surface area contributed by atoms with Gasteiger partial charge < -0.3 is 5.32 Å². The molecule has 5 nitrogen and oxygen atoms in total. The highest BCUT2D eigenvalue weighted by Gasteiger charge is 2.14. The molecule has 2 N–H and O–H groups in total. The molecule has 3 aromatic carbocycles. The fraction of sp³-hybridized carbons (Fsp3) is 0.0952. The van der Waals surface area contributed by atoms with Gasteiger partial charge in [0.15, 0.2) is 0 Å². The standard InChI is InChI=1S/C21H20N2O3S/c24-21(15-16-22-27(25,26)18-11-5-2-6-12-18)23-20-14-8-7-13-19(20)17-9-3-1-4-10-17/h1-14,22H,15-16H2,(H,23,24). The Labute approximate surface area is 159 Å². The Morgan fingerprint density at radius 2 is 1.37 bits per heavy atom. The third kappa shape index (κ3) is 5.03. The van der Waals surface area contributed by atoms with Crippen LogP contribution in [-0.4, -0.2) is 20.9 Å². The Hall–Kier alpha value is -2.96. The summed E-state index contributed by atoms with van der Waals surface area (Å²) in [4.78, 5) is 12.5. The van der Waals surface area contributed by atoms with Crippen LogP contribution in [0.2, 0.25) is 0 Å². The summed E-state index contributed by atoms with van der Waals surface area (Å²) in [7, 11) is -3.61. The molecule has 0 bridgehead atoms. The van der Waals surface area contributed by atoms with Crippen LogP contribution in [0.1, 0.15) is 6.42 Å². The zero-order valence-corrected chi connectivity index (χ0v) is 15.4. The fourth-order valence-corrected chi connectivity index (χ4v) is 3.71. The summed E-state index contributed by atoms with van der Waals surface area (Å²) in [6.45, 7) is 0.0244. The van der Waals surface area contributed by atoms with Crippen molar-refractivity contribution in [3.05, 3.63) is 84.9 Å². The van der Waals surface area contributed by atoms with Gasteiger partial charge in [-0.2, -0.15) is 0 Å². The van der Waals surface area contributed by atoms with Crippen molar-refractivity contribution in [3.63, 3.8) is 0 Å². The molecule has 0 atom stereocenters. The van der Waals surface area contributed by atoms with Crippen LogP contribution in [0.25, 0.3) is 11.1 Å². The Bertz CT molecular complexity index is 1000. The minimum absolute atomic E-state index is 0.0244. The maximum Gasteiger partial charge on any atom is 0.240 e. The lowest BCUT2D eigenvalue weighted by atomic mass is 10.0. The summed E-state index contributed by atoms with van der Waals surface area (Å²) in [6, 6.07) is 25.3. The van der Waals surface area contributed by atoms with Crippen molar-refractivity contribution < 1.29 is 13.2 Å². The molecule has 0 saturated carbocycles. The number of rotatable bonds is 7. The molecule has 3 aromatic rings. The van der Waals surface area contributed by atoms with E-state index in [1.54, 1.807) is 18.2 Å². The first-order valence-corrected chi connectivity index (χ1v) is 10.0. The van der Waals surface area contributed by atoms with E-state index in [9.17, 15) is 13.2 Å². The second-order valence-corrected chi connectivity index (χ2v) is 7.69. The van der Waals surface area contributed by atoms with Crippen LogP contribution in [0.3, 0.4) is 0 Å². The number of hydrogen-bond donors (Lipinski definition) is 2. The molecule has 3 rings (SSSR count). The van der Waals surface area contributed by atoms with Crippen molar-refractivity contribution in [1.29, 1.82) is 0 Å². The van der Waals surface area contributed by atoms with Gasteiger partial charge in [-0.15, -0.1) is 0 Å². The number of carbonyl (C=O) groups excluding carboxylic acids is 1. The topological polar surface area (TPSA) is 75.3 Å². The molecule has 0 aliphatic carbocycles. The minimum Gasteiger partial charge on any atom is -0.325 e. The summed E-state index contributed by atoms with van der Waals surface area (Å²) in [5.41, 5.74) is 2.61. The number of carbonyl (C=O) groups is 1. The first kappa shape index (κ1) is 18.8. The predicted octanol–water partition coefficient (Wildman–Crippen LogP) is 3.66. The molecule has 0 saturated heterocycles. The van der Waals surface area contributed by atoms with Gasteiger partial charge in [0.1, 0.15) is 0 Å². The zero-order chi connectivity index (χ0) is 19.1. The van der Waals surface area contributed by atoms with Gasteiger partial charge in [-0.05, 0) is 23.8 Å².